The Hall–Kier alpha value is -4.77. The summed E-state index contributed by atoms with van der Waals surface area (Å²) < 4.78 is 2.61. The molecule has 0 radical (unpaired) electrons. The van der Waals surface area contributed by atoms with Gasteiger partial charge in [-0.2, -0.15) is 5.10 Å². The van der Waals surface area contributed by atoms with Gasteiger partial charge in [0.05, 0.1) is 34.6 Å². The van der Waals surface area contributed by atoms with Crippen molar-refractivity contribution in [1.82, 2.24) is 14.7 Å². The van der Waals surface area contributed by atoms with Crippen LogP contribution in [0, 0.1) is 36.0 Å². The van der Waals surface area contributed by atoms with Gasteiger partial charge in [0.25, 0.3) is 0 Å². The van der Waals surface area contributed by atoms with E-state index < -0.39 is 40.9 Å². The van der Waals surface area contributed by atoms with E-state index >= 15 is 4.79 Å². The predicted molar refractivity (Wildman–Crippen MR) is 204 cm³/mol. The maximum absolute atomic E-state index is 15.1. The first kappa shape index (κ1) is 34.0. The topological polar surface area (TPSA) is 113 Å². The highest BCUT2D eigenvalue weighted by Gasteiger charge is 2.68. The van der Waals surface area contributed by atoms with E-state index in [1.807, 2.05) is 68.5 Å². The van der Waals surface area contributed by atoms with E-state index in [2.05, 4.69) is 0 Å². The number of aromatic nitrogens is 2. The number of thiophene rings is 1. The molecule has 3 fully saturated rings. The number of nitrogens with zero attached hydrogens (tertiary/aromatic N) is 4. The molecule has 2 aliphatic heterocycles. The summed E-state index contributed by atoms with van der Waals surface area (Å²) in [6.07, 6.45) is 2.54. The second kappa shape index (κ2) is 12.1. The molecule has 4 aliphatic rings. The summed E-state index contributed by atoms with van der Waals surface area (Å²) in [7, 11) is 1.72. The molecule has 9 nitrogen and oxygen atoms in total. The highest BCUT2D eigenvalue weighted by molar-refractivity contribution is 7.22. The number of imide groups is 2. The highest BCUT2D eigenvalue weighted by atomic mass is 35.5. The summed E-state index contributed by atoms with van der Waals surface area (Å²) in [5.74, 6) is -4.21. The molecule has 53 heavy (non-hydrogen) atoms. The third-order valence-corrected chi connectivity index (χ3v) is 13.9. The van der Waals surface area contributed by atoms with Gasteiger partial charge in [0.1, 0.15) is 17.3 Å². The van der Waals surface area contributed by atoms with Crippen molar-refractivity contribution in [3.05, 3.63) is 111 Å². The summed E-state index contributed by atoms with van der Waals surface area (Å²) in [5, 5.41) is 17.0. The summed E-state index contributed by atoms with van der Waals surface area (Å²) in [6.45, 7) is 3.99. The predicted octanol–water partition coefficient (Wildman–Crippen LogP) is 8.05. The maximum Gasteiger partial charge on any atom is 0.242 e. The fraction of sp³-hybridized carbons (Fsp3) is 0.293. The Morgan fingerprint density at radius 2 is 1.72 bits per heavy atom. The summed E-state index contributed by atoms with van der Waals surface area (Å²) in [4.78, 5) is 61.6. The van der Waals surface area contributed by atoms with Crippen molar-refractivity contribution in [3.8, 4) is 16.3 Å². The van der Waals surface area contributed by atoms with Crippen molar-refractivity contribution in [1.29, 1.82) is 0 Å². The van der Waals surface area contributed by atoms with Crippen molar-refractivity contribution in [3.63, 3.8) is 0 Å². The van der Waals surface area contributed by atoms with Crippen molar-refractivity contribution >= 4 is 74.1 Å². The number of hydrogen-bond acceptors (Lipinski definition) is 7. The lowest BCUT2D eigenvalue weighted by molar-refractivity contribution is -0.141. The lowest BCUT2D eigenvalue weighted by atomic mass is 9.51. The van der Waals surface area contributed by atoms with Crippen molar-refractivity contribution in [2.45, 2.75) is 39.2 Å². The number of halogens is 2. The monoisotopic (exact) mass is 764 g/mol. The molecular formula is C41H34Cl2N4O5S. The molecule has 6 unspecified atom stereocenters. The number of amides is 4. The van der Waals surface area contributed by atoms with Gasteiger partial charge in [-0.15, -0.1) is 11.3 Å². The second-order valence-electron chi connectivity index (χ2n) is 14.8. The van der Waals surface area contributed by atoms with Crippen LogP contribution in [0.4, 0.5) is 5.82 Å². The van der Waals surface area contributed by atoms with Crippen LogP contribution in [-0.2, 0) is 32.8 Å². The van der Waals surface area contributed by atoms with Gasteiger partial charge >= 0.3 is 0 Å². The molecule has 6 atom stereocenters. The number of phenolic OH excluding ortho intramolecular Hbond substituents is 1. The quantitative estimate of drug-likeness (QED) is 0.143. The number of likely N-dealkylation sites (tertiary alicyclic amines) is 1. The summed E-state index contributed by atoms with van der Waals surface area (Å²) in [6, 6.07) is 21.6. The fourth-order valence-corrected chi connectivity index (χ4v) is 11.1. The molecule has 5 aromatic rings. The molecule has 4 heterocycles. The zero-order valence-electron chi connectivity index (χ0n) is 29.0. The van der Waals surface area contributed by atoms with E-state index in [0.29, 0.717) is 28.5 Å². The molecule has 1 N–H and O–H groups in total. The zero-order valence-corrected chi connectivity index (χ0v) is 31.4. The van der Waals surface area contributed by atoms with Gasteiger partial charge in [-0.1, -0.05) is 71.2 Å². The molecule has 9 rings (SSSR count). The Kier molecular flexibility index (Phi) is 7.79. The van der Waals surface area contributed by atoms with Gasteiger partial charge in [-0.25, -0.2) is 4.90 Å². The molecular weight excluding hydrogens is 731 g/mol. The number of carbonyl (C=O) groups excluding carboxylic acids is 4. The first-order chi connectivity index (χ1) is 25.4. The Bertz CT molecular complexity index is 2460. The molecule has 268 valence electrons. The number of carbonyl (C=O) groups is 4. The minimum atomic E-state index is -1.29. The van der Waals surface area contributed by atoms with E-state index in [-0.39, 0.29) is 41.5 Å². The SMILES string of the molecule is Cc1c(-c2cc(N3C(=O)C4CC5C(=CCC6C(=O)N(Cc7ccccc7)C(=O)C65)C(c5ccc(O)cc5Cl)C4(C)C3=O)n(C)n2)sc2ccc(Cl)cc12. The van der Waals surface area contributed by atoms with Crippen LogP contribution in [0.15, 0.2) is 84.4 Å². The molecule has 0 bridgehead atoms. The second-order valence-corrected chi connectivity index (χ2v) is 16.7. The number of fused-ring (bicyclic) bond motifs is 5. The number of hydrogen-bond donors (Lipinski definition) is 1. The first-order valence-corrected chi connectivity index (χ1v) is 19.1. The lowest BCUT2D eigenvalue weighted by Gasteiger charge is -2.49. The van der Waals surface area contributed by atoms with Crippen LogP contribution in [0.3, 0.4) is 0 Å². The molecule has 1 saturated carbocycles. The smallest absolute Gasteiger partial charge is 0.242 e. The maximum atomic E-state index is 15.1. The Morgan fingerprint density at radius 3 is 2.47 bits per heavy atom. The number of benzene rings is 3. The molecule has 0 spiro atoms. The average molecular weight is 766 g/mol. The average Bonchev–Trinajstić information content (AvgIpc) is 3.80. The number of anilines is 1. The first-order valence-electron chi connectivity index (χ1n) is 17.6. The van der Waals surface area contributed by atoms with E-state index in [4.69, 9.17) is 28.3 Å². The van der Waals surface area contributed by atoms with Crippen molar-refractivity contribution in [2.24, 2.45) is 36.1 Å². The molecule has 12 heteroatoms. The van der Waals surface area contributed by atoms with Gasteiger partial charge in [-0.05, 0) is 85.0 Å². The van der Waals surface area contributed by atoms with Crippen LogP contribution in [0.2, 0.25) is 10.0 Å². The summed E-state index contributed by atoms with van der Waals surface area (Å²) in [5.41, 5.74) is 2.59. The van der Waals surface area contributed by atoms with Crippen molar-refractivity contribution in [2.75, 3.05) is 4.90 Å². The Labute approximate surface area is 319 Å². The largest absolute Gasteiger partial charge is 0.508 e. The molecule has 3 aromatic carbocycles. The molecule has 4 amide bonds. The lowest BCUT2D eigenvalue weighted by Crippen LogP contribution is -2.49. The van der Waals surface area contributed by atoms with Crippen molar-refractivity contribution < 1.29 is 24.3 Å². The van der Waals surface area contributed by atoms with Gasteiger partial charge in [-0.3, -0.25) is 28.8 Å². The van der Waals surface area contributed by atoms with E-state index in [9.17, 15) is 19.5 Å². The van der Waals surface area contributed by atoms with Gasteiger partial charge in [0, 0.05) is 33.8 Å². The normalized spacial score (nSPS) is 26.7. The van der Waals surface area contributed by atoms with Crippen LogP contribution in [0.5, 0.6) is 5.75 Å². The van der Waals surface area contributed by atoms with Crippen LogP contribution in [-0.4, -0.2) is 43.4 Å². The number of allylic oxidation sites excluding steroid dienone is 2. The molecule has 2 saturated heterocycles. The van der Waals surface area contributed by atoms with Gasteiger partial charge < -0.3 is 5.11 Å². The number of aryl methyl sites for hydroxylation is 2. The van der Waals surface area contributed by atoms with Gasteiger partial charge in [0.15, 0.2) is 0 Å². The number of rotatable bonds is 5. The third-order valence-electron chi connectivity index (χ3n) is 12.1. The zero-order chi connectivity index (χ0) is 37.1. The highest BCUT2D eigenvalue weighted by Crippen LogP contribution is 2.64. The minimum absolute atomic E-state index is 0.0321. The molecule has 2 aliphatic carbocycles. The van der Waals surface area contributed by atoms with Crippen LogP contribution in [0.1, 0.15) is 42.4 Å². The Morgan fingerprint density at radius 1 is 0.943 bits per heavy atom. The van der Waals surface area contributed by atoms with Gasteiger partial charge in [0.2, 0.25) is 23.6 Å². The van der Waals surface area contributed by atoms with Crippen LogP contribution >= 0.6 is 34.5 Å². The van der Waals surface area contributed by atoms with E-state index in [1.165, 1.54) is 21.9 Å². The number of phenols is 1. The van der Waals surface area contributed by atoms with E-state index in [0.717, 1.165) is 31.7 Å². The fourth-order valence-electron chi connectivity index (χ4n) is 9.53. The third kappa shape index (κ3) is 4.91. The van der Waals surface area contributed by atoms with Crippen LogP contribution < -0.4 is 4.90 Å². The standard InChI is InChI=1S/C41H34Cl2N4O5S/c1-20-27-15-22(42)9-14-32(27)53-36(20)31-18-33(45(3)44-31)47-38(50)29-17-28-24(35(41(29,2)40(47)52)25-11-10-23(48)16-30(25)43)12-13-26-34(28)39(51)46(37(26)49)19-21-7-5-4-6-8-21/h4-12,14-16,18,26,28-29,34-35,48H,13,17,19H2,1-3H3. The van der Waals surface area contributed by atoms with Crippen LogP contribution in [0.25, 0.3) is 20.7 Å². The molecule has 2 aromatic heterocycles. The Balaban J connectivity index is 1.14. The summed E-state index contributed by atoms with van der Waals surface area (Å²) >= 11 is 14.7. The minimum Gasteiger partial charge on any atom is -0.508 e. The van der Waals surface area contributed by atoms with E-state index in [1.54, 1.807) is 35.2 Å². The number of aromatic hydroxyl groups is 1.